The number of nitrogens with zero attached hydrogens (tertiary/aromatic N) is 1. The van der Waals surface area contributed by atoms with Gasteiger partial charge in [0.05, 0.1) is 21.5 Å². The van der Waals surface area contributed by atoms with Crippen LogP contribution < -0.4 is 5.73 Å². The van der Waals surface area contributed by atoms with Crippen molar-refractivity contribution in [2.24, 2.45) is 5.73 Å². The molecule has 0 aliphatic carbocycles. The van der Waals surface area contributed by atoms with Crippen molar-refractivity contribution >= 4 is 20.9 Å². The normalized spacial score (nSPS) is 13.2. The predicted molar refractivity (Wildman–Crippen MR) is 66.4 cm³/mol. The Bertz CT molecular complexity index is 666. The zero-order chi connectivity index (χ0) is 12.8. The quantitative estimate of drug-likeness (QED) is 0.840. The second-order valence-electron chi connectivity index (χ2n) is 4.76. The molecule has 0 saturated carbocycles. The van der Waals surface area contributed by atoms with Crippen molar-refractivity contribution in [3.8, 4) is 0 Å². The molecule has 0 amide bonds. The lowest BCUT2D eigenvalue weighted by Gasteiger charge is -2.13. The van der Waals surface area contributed by atoms with Crippen molar-refractivity contribution in [2.75, 3.05) is 6.26 Å². The summed E-state index contributed by atoms with van der Waals surface area (Å²) < 4.78 is 22.8. The fraction of sp³-hybridized carbons (Fsp3) is 0.364. The van der Waals surface area contributed by atoms with E-state index in [-0.39, 0.29) is 4.90 Å². The third-order valence-corrected chi connectivity index (χ3v) is 3.60. The van der Waals surface area contributed by atoms with E-state index >= 15 is 0 Å². The largest absolute Gasteiger partial charge is 0.340 e. The maximum absolute atomic E-state index is 11.4. The number of aromatic amines is 1. The second kappa shape index (κ2) is 3.54. The maximum atomic E-state index is 11.4. The van der Waals surface area contributed by atoms with Gasteiger partial charge in [-0.1, -0.05) is 0 Å². The van der Waals surface area contributed by atoms with Crippen LogP contribution in [-0.4, -0.2) is 24.6 Å². The molecule has 92 valence electrons. The lowest BCUT2D eigenvalue weighted by atomic mass is 10.1. The molecule has 0 spiro atoms. The number of hydrogen-bond donors (Lipinski definition) is 2. The molecule has 0 atom stereocenters. The number of fused-ring (bicyclic) bond motifs is 1. The molecule has 0 fully saturated rings. The Morgan fingerprint density at radius 1 is 1.35 bits per heavy atom. The molecule has 2 rings (SSSR count). The van der Waals surface area contributed by atoms with Gasteiger partial charge in [-0.3, -0.25) is 0 Å². The minimum absolute atomic E-state index is 0.273. The Kier molecular flexibility index (Phi) is 2.52. The number of aromatic nitrogens is 2. The molecular weight excluding hydrogens is 238 g/mol. The highest BCUT2D eigenvalue weighted by atomic mass is 32.2. The minimum atomic E-state index is -3.20. The molecule has 0 radical (unpaired) electrons. The van der Waals surface area contributed by atoms with Crippen LogP contribution in [0.5, 0.6) is 0 Å². The van der Waals surface area contributed by atoms with Crippen molar-refractivity contribution in [1.29, 1.82) is 0 Å². The Morgan fingerprint density at radius 3 is 2.53 bits per heavy atom. The van der Waals surface area contributed by atoms with E-state index in [4.69, 9.17) is 5.73 Å². The number of rotatable bonds is 2. The number of nitrogens with two attached hydrogens (primary N) is 1. The molecule has 1 aromatic carbocycles. The first-order valence-corrected chi connectivity index (χ1v) is 7.06. The molecule has 3 N–H and O–H groups in total. The highest BCUT2D eigenvalue weighted by Crippen LogP contribution is 2.21. The number of H-pyrrole nitrogens is 1. The van der Waals surface area contributed by atoms with Gasteiger partial charge in [-0.15, -0.1) is 0 Å². The molecule has 6 heteroatoms. The lowest BCUT2D eigenvalue weighted by Crippen LogP contribution is -2.30. The molecule has 5 nitrogen and oxygen atoms in total. The number of sulfone groups is 1. The van der Waals surface area contributed by atoms with E-state index in [2.05, 4.69) is 9.97 Å². The predicted octanol–water partition coefficient (Wildman–Crippen LogP) is 1.16. The summed E-state index contributed by atoms with van der Waals surface area (Å²) in [5, 5.41) is 0. The molecule has 0 aliphatic rings. The molecule has 0 bridgehead atoms. The van der Waals surface area contributed by atoms with E-state index in [1.54, 1.807) is 18.2 Å². The zero-order valence-electron chi connectivity index (χ0n) is 9.98. The van der Waals surface area contributed by atoms with Crippen LogP contribution in [0, 0.1) is 0 Å². The van der Waals surface area contributed by atoms with E-state index in [1.807, 2.05) is 13.8 Å². The summed E-state index contributed by atoms with van der Waals surface area (Å²) in [7, 11) is -3.20. The SMILES string of the molecule is CC(C)(N)c1nc2ccc(S(C)(=O)=O)cc2[nH]1. The molecule has 1 heterocycles. The number of hydrogen-bond acceptors (Lipinski definition) is 4. The summed E-state index contributed by atoms with van der Waals surface area (Å²) in [6.45, 7) is 3.67. The van der Waals surface area contributed by atoms with Gasteiger partial charge in [0.2, 0.25) is 0 Å². The highest BCUT2D eigenvalue weighted by Gasteiger charge is 2.19. The van der Waals surface area contributed by atoms with Gasteiger partial charge in [-0.25, -0.2) is 13.4 Å². The Labute approximate surface area is 100.0 Å². The third kappa shape index (κ3) is 2.32. The molecule has 2 aromatic rings. The molecule has 1 aromatic heterocycles. The van der Waals surface area contributed by atoms with Crippen LogP contribution in [0.4, 0.5) is 0 Å². The van der Waals surface area contributed by atoms with Gasteiger partial charge in [-0.05, 0) is 32.0 Å². The van der Waals surface area contributed by atoms with Crippen LogP contribution in [0.25, 0.3) is 11.0 Å². The van der Waals surface area contributed by atoms with E-state index in [9.17, 15) is 8.42 Å². The van der Waals surface area contributed by atoms with Crippen LogP contribution in [0.3, 0.4) is 0 Å². The fourth-order valence-electron chi connectivity index (χ4n) is 1.52. The van der Waals surface area contributed by atoms with Crippen LogP contribution in [0.15, 0.2) is 23.1 Å². The molecule has 0 aliphatic heterocycles. The Hall–Kier alpha value is -1.40. The van der Waals surface area contributed by atoms with E-state index < -0.39 is 15.4 Å². The summed E-state index contributed by atoms with van der Waals surface area (Å²) in [5.41, 5.74) is 6.75. The van der Waals surface area contributed by atoms with Crippen molar-refractivity contribution in [3.05, 3.63) is 24.0 Å². The van der Waals surface area contributed by atoms with Gasteiger partial charge in [0.15, 0.2) is 9.84 Å². The average Bonchev–Trinajstić information content (AvgIpc) is 2.57. The first-order valence-electron chi connectivity index (χ1n) is 5.17. The first-order chi connectivity index (χ1) is 7.68. The summed E-state index contributed by atoms with van der Waals surface area (Å²) in [6.07, 6.45) is 1.18. The van der Waals surface area contributed by atoms with Gasteiger partial charge in [0, 0.05) is 6.26 Å². The van der Waals surface area contributed by atoms with Gasteiger partial charge in [0.25, 0.3) is 0 Å². The number of nitrogens with one attached hydrogen (secondary N) is 1. The molecular formula is C11H15N3O2S. The Balaban J connectivity index is 2.64. The van der Waals surface area contributed by atoms with Gasteiger partial charge in [-0.2, -0.15) is 0 Å². The van der Waals surface area contributed by atoms with Crippen LogP contribution in [-0.2, 0) is 15.4 Å². The van der Waals surface area contributed by atoms with Crippen molar-refractivity contribution in [1.82, 2.24) is 9.97 Å². The van der Waals surface area contributed by atoms with E-state index in [0.29, 0.717) is 16.9 Å². The van der Waals surface area contributed by atoms with Gasteiger partial charge in [0.1, 0.15) is 5.82 Å². The zero-order valence-corrected chi connectivity index (χ0v) is 10.8. The number of benzene rings is 1. The first kappa shape index (κ1) is 12.1. The molecule has 0 unspecified atom stereocenters. The van der Waals surface area contributed by atoms with Crippen molar-refractivity contribution < 1.29 is 8.42 Å². The lowest BCUT2D eigenvalue weighted by molar-refractivity contribution is 0.522. The number of imidazole rings is 1. The molecule has 0 saturated heterocycles. The summed E-state index contributed by atoms with van der Waals surface area (Å²) in [4.78, 5) is 7.65. The van der Waals surface area contributed by atoms with Crippen LogP contribution in [0.2, 0.25) is 0 Å². The van der Waals surface area contributed by atoms with Crippen LogP contribution >= 0.6 is 0 Å². The topological polar surface area (TPSA) is 88.8 Å². The smallest absolute Gasteiger partial charge is 0.175 e. The maximum Gasteiger partial charge on any atom is 0.175 e. The summed E-state index contributed by atoms with van der Waals surface area (Å²) in [6, 6.07) is 4.80. The van der Waals surface area contributed by atoms with Crippen molar-refractivity contribution in [3.63, 3.8) is 0 Å². The van der Waals surface area contributed by atoms with Crippen molar-refractivity contribution in [2.45, 2.75) is 24.3 Å². The average molecular weight is 253 g/mol. The molecule has 17 heavy (non-hydrogen) atoms. The van der Waals surface area contributed by atoms with E-state index in [0.717, 1.165) is 0 Å². The highest BCUT2D eigenvalue weighted by molar-refractivity contribution is 7.90. The third-order valence-electron chi connectivity index (χ3n) is 2.49. The summed E-state index contributed by atoms with van der Waals surface area (Å²) >= 11 is 0. The van der Waals surface area contributed by atoms with Crippen LogP contribution in [0.1, 0.15) is 19.7 Å². The van der Waals surface area contributed by atoms with Gasteiger partial charge >= 0.3 is 0 Å². The standard InChI is InChI=1S/C11H15N3O2S/c1-11(2,12)10-13-8-5-4-7(17(3,15)16)6-9(8)14-10/h4-6H,12H2,1-3H3,(H,13,14). The fourth-order valence-corrected chi connectivity index (χ4v) is 2.17. The Morgan fingerprint density at radius 2 is 2.00 bits per heavy atom. The van der Waals surface area contributed by atoms with Gasteiger partial charge < -0.3 is 10.7 Å². The monoisotopic (exact) mass is 253 g/mol. The van der Waals surface area contributed by atoms with E-state index in [1.165, 1.54) is 6.26 Å². The summed E-state index contributed by atoms with van der Waals surface area (Å²) in [5.74, 6) is 0.637. The minimum Gasteiger partial charge on any atom is -0.340 e. The second-order valence-corrected chi connectivity index (χ2v) is 6.77.